The van der Waals surface area contributed by atoms with Crippen molar-refractivity contribution in [3.63, 3.8) is 0 Å². The molecule has 1 atom stereocenters. The highest BCUT2D eigenvalue weighted by Crippen LogP contribution is 2.23. The van der Waals surface area contributed by atoms with Crippen molar-refractivity contribution in [2.24, 2.45) is 0 Å². The van der Waals surface area contributed by atoms with Crippen LogP contribution in [0.1, 0.15) is 12.5 Å². The van der Waals surface area contributed by atoms with Crippen LogP contribution in [0, 0.1) is 6.92 Å². The second kappa shape index (κ2) is 9.53. The SMILES string of the molecule is COc1ccccc1NC(=O)[C@@H](C)N(C)CC(=O)Nc1ccc(Br)cc1C. The van der Waals surface area contributed by atoms with Gasteiger partial charge in [0.15, 0.2) is 0 Å². The van der Waals surface area contributed by atoms with Gasteiger partial charge in [-0.15, -0.1) is 0 Å². The number of amides is 2. The average molecular weight is 434 g/mol. The topological polar surface area (TPSA) is 70.7 Å². The van der Waals surface area contributed by atoms with Gasteiger partial charge in [-0.05, 0) is 56.8 Å². The zero-order valence-corrected chi connectivity index (χ0v) is 17.5. The van der Waals surface area contributed by atoms with E-state index in [9.17, 15) is 9.59 Å². The van der Waals surface area contributed by atoms with Crippen LogP contribution >= 0.6 is 15.9 Å². The molecule has 2 aromatic rings. The summed E-state index contributed by atoms with van der Waals surface area (Å²) in [5.41, 5.74) is 2.31. The largest absolute Gasteiger partial charge is 0.495 e. The lowest BCUT2D eigenvalue weighted by atomic mass is 10.2. The van der Waals surface area contributed by atoms with Crippen LogP contribution in [0.4, 0.5) is 11.4 Å². The van der Waals surface area contributed by atoms with E-state index < -0.39 is 6.04 Å². The number of carbonyl (C=O) groups is 2. The van der Waals surface area contributed by atoms with Crippen LogP contribution in [0.25, 0.3) is 0 Å². The number of aryl methyl sites for hydroxylation is 1. The normalized spacial score (nSPS) is 11.8. The van der Waals surface area contributed by atoms with Crippen molar-refractivity contribution in [3.05, 3.63) is 52.5 Å². The predicted molar refractivity (Wildman–Crippen MR) is 111 cm³/mol. The van der Waals surface area contributed by atoms with Crippen molar-refractivity contribution >= 4 is 39.1 Å². The van der Waals surface area contributed by atoms with Crippen molar-refractivity contribution in [3.8, 4) is 5.75 Å². The van der Waals surface area contributed by atoms with Crippen LogP contribution in [0.15, 0.2) is 46.9 Å². The molecule has 144 valence electrons. The zero-order chi connectivity index (χ0) is 20.0. The van der Waals surface area contributed by atoms with E-state index in [1.165, 1.54) is 0 Å². The fourth-order valence-corrected chi connectivity index (χ4v) is 2.98. The summed E-state index contributed by atoms with van der Waals surface area (Å²) in [6.07, 6.45) is 0. The van der Waals surface area contributed by atoms with E-state index in [1.54, 1.807) is 38.1 Å². The number of carbonyl (C=O) groups excluding carboxylic acids is 2. The number of ether oxygens (including phenoxy) is 1. The second-order valence-corrected chi connectivity index (χ2v) is 7.20. The smallest absolute Gasteiger partial charge is 0.241 e. The maximum atomic E-state index is 12.5. The molecule has 0 heterocycles. The molecule has 0 spiro atoms. The van der Waals surface area contributed by atoms with Crippen LogP contribution in [-0.4, -0.2) is 43.5 Å². The van der Waals surface area contributed by atoms with E-state index >= 15 is 0 Å². The number of para-hydroxylation sites is 2. The summed E-state index contributed by atoms with van der Waals surface area (Å²) in [7, 11) is 3.29. The highest BCUT2D eigenvalue weighted by molar-refractivity contribution is 9.10. The Kier molecular flexibility index (Phi) is 7.38. The Morgan fingerprint density at radius 3 is 2.52 bits per heavy atom. The van der Waals surface area contributed by atoms with Crippen molar-refractivity contribution in [1.82, 2.24) is 4.90 Å². The molecule has 7 heteroatoms. The molecule has 0 aliphatic rings. The number of hydrogen-bond acceptors (Lipinski definition) is 4. The molecule has 0 aromatic heterocycles. The molecule has 0 saturated carbocycles. The summed E-state index contributed by atoms with van der Waals surface area (Å²) < 4.78 is 6.20. The Morgan fingerprint density at radius 2 is 1.85 bits per heavy atom. The van der Waals surface area contributed by atoms with Gasteiger partial charge in [0.1, 0.15) is 5.75 Å². The van der Waals surface area contributed by atoms with Crippen LogP contribution in [0.2, 0.25) is 0 Å². The average Bonchev–Trinajstić information content (AvgIpc) is 2.63. The Labute approximate surface area is 168 Å². The minimum absolute atomic E-state index is 0.0933. The third-order valence-electron chi connectivity index (χ3n) is 4.26. The summed E-state index contributed by atoms with van der Waals surface area (Å²) in [6, 6.07) is 12.4. The monoisotopic (exact) mass is 433 g/mol. The molecule has 2 rings (SSSR count). The van der Waals surface area contributed by atoms with Gasteiger partial charge in [-0.2, -0.15) is 0 Å². The number of methoxy groups -OCH3 is 1. The predicted octanol–water partition coefficient (Wildman–Crippen LogP) is 3.66. The first-order valence-corrected chi connectivity index (χ1v) is 9.31. The lowest BCUT2D eigenvalue weighted by Gasteiger charge is -2.24. The van der Waals surface area contributed by atoms with Crippen molar-refractivity contribution in [2.75, 3.05) is 31.3 Å². The molecule has 2 aromatic carbocycles. The van der Waals surface area contributed by atoms with Gasteiger partial charge in [-0.3, -0.25) is 14.5 Å². The Morgan fingerprint density at radius 1 is 1.15 bits per heavy atom. The maximum Gasteiger partial charge on any atom is 0.241 e. The first-order valence-electron chi connectivity index (χ1n) is 8.52. The number of likely N-dealkylation sites (N-methyl/N-ethyl adjacent to an activating group) is 1. The standard InChI is InChI=1S/C20H24BrN3O3/c1-13-11-15(21)9-10-16(13)22-19(25)12-24(3)14(2)20(26)23-17-7-5-6-8-18(17)27-4/h5-11,14H,12H2,1-4H3,(H,22,25)(H,23,26)/t14-/m1/s1. The van der Waals surface area contributed by atoms with Crippen LogP contribution in [0.5, 0.6) is 5.75 Å². The van der Waals surface area contributed by atoms with Gasteiger partial charge in [0.2, 0.25) is 11.8 Å². The minimum Gasteiger partial charge on any atom is -0.495 e. The van der Waals surface area contributed by atoms with Crippen molar-refractivity contribution in [1.29, 1.82) is 0 Å². The molecule has 0 bridgehead atoms. The fourth-order valence-electron chi connectivity index (χ4n) is 2.51. The Hall–Kier alpha value is -2.38. The van der Waals surface area contributed by atoms with Gasteiger partial charge in [0.05, 0.1) is 25.4 Å². The highest BCUT2D eigenvalue weighted by Gasteiger charge is 2.21. The summed E-state index contributed by atoms with van der Waals surface area (Å²) >= 11 is 3.40. The maximum absolute atomic E-state index is 12.5. The molecule has 0 radical (unpaired) electrons. The van der Waals surface area contributed by atoms with E-state index in [0.29, 0.717) is 11.4 Å². The molecular weight excluding hydrogens is 410 g/mol. The molecule has 27 heavy (non-hydrogen) atoms. The lowest BCUT2D eigenvalue weighted by Crippen LogP contribution is -2.43. The fraction of sp³-hybridized carbons (Fsp3) is 0.300. The van der Waals surface area contributed by atoms with Gasteiger partial charge in [0.25, 0.3) is 0 Å². The first kappa shape index (κ1) is 20.9. The van der Waals surface area contributed by atoms with E-state index in [0.717, 1.165) is 15.7 Å². The van der Waals surface area contributed by atoms with E-state index in [-0.39, 0.29) is 18.4 Å². The minimum atomic E-state index is -0.494. The first-order chi connectivity index (χ1) is 12.8. The van der Waals surface area contributed by atoms with E-state index in [4.69, 9.17) is 4.74 Å². The number of benzene rings is 2. The van der Waals surface area contributed by atoms with Crippen LogP contribution < -0.4 is 15.4 Å². The zero-order valence-electron chi connectivity index (χ0n) is 15.9. The molecule has 0 fully saturated rings. The Balaban J connectivity index is 1.94. The molecule has 2 N–H and O–H groups in total. The Bertz CT molecular complexity index is 826. The van der Waals surface area contributed by atoms with Gasteiger partial charge in [-0.1, -0.05) is 28.1 Å². The molecular formula is C20H24BrN3O3. The number of hydrogen-bond donors (Lipinski definition) is 2. The highest BCUT2D eigenvalue weighted by atomic mass is 79.9. The van der Waals surface area contributed by atoms with Crippen LogP contribution in [-0.2, 0) is 9.59 Å². The molecule has 0 saturated heterocycles. The third kappa shape index (κ3) is 5.80. The molecule has 6 nitrogen and oxygen atoms in total. The van der Waals surface area contributed by atoms with Gasteiger partial charge in [0, 0.05) is 10.2 Å². The summed E-state index contributed by atoms with van der Waals surface area (Å²) in [4.78, 5) is 26.5. The molecule has 0 unspecified atom stereocenters. The molecule has 0 aliphatic carbocycles. The molecule has 0 aliphatic heterocycles. The van der Waals surface area contributed by atoms with Gasteiger partial charge in [-0.25, -0.2) is 0 Å². The number of nitrogens with zero attached hydrogens (tertiary/aromatic N) is 1. The van der Waals surface area contributed by atoms with Gasteiger partial charge < -0.3 is 15.4 Å². The number of rotatable bonds is 7. The number of anilines is 2. The summed E-state index contributed by atoms with van der Waals surface area (Å²) in [5.74, 6) is 0.193. The second-order valence-electron chi connectivity index (χ2n) is 6.29. The van der Waals surface area contributed by atoms with E-state index in [2.05, 4.69) is 26.6 Å². The lowest BCUT2D eigenvalue weighted by molar-refractivity contribution is -0.122. The summed E-state index contributed by atoms with van der Waals surface area (Å²) in [6.45, 7) is 3.77. The number of nitrogens with one attached hydrogen (secondary N) is 2. The quantitative estimate of drug-likeness (QED) is 0.698. The van der Waals surface area contributed by atoms with Gasteiger partial charge >= 0.3 is 0 Å². The molecule has 2 amide bonds. The number of halogens is 1. The van der Waals surface area contributed by atoms with Crippen molar-refractivity contribution in [2.45, 2.75) is 19.9 Å². The van der Waals surface area contributed by atoms with E-state index in [1.807, 2.05) is 37.3 Å². The summed E-state index contributed by atoms with van der Waals surface area (Å²) in [5, 5.41) is 5.71. The van der Waals surface area contributed by atoms with Crippen LogP contribution in [0.3, 0.4) is 0 Å². The van der Waals surface area contributed by atoms with Crippen molar-refractivity contribution < 1.29 is 14.3 Å². The third-order valence-corrected chi connectivity index (χ3v) is 4.75.